The Hall–Kier alpha value is -1.26. The van der Waals surface area contributed by atoms with E-state index in [4.69, 9.17) is 0 Å². The molecule has 0 saturated carbocycles. The number of aromatic nitrogens is 1. The maximum atomic E-state index is 12.9. The van der Waals surface area contributed by atoms with E-state index in [0.29, 0.717) is 0 Å². The zero-order valence-electron chi connectivity index (χ0n) is 11.8. The normalized spacial score (nSPS) is 12.9. The van der Waals surface area contributed by atoms with Crippen LogP contribution >= 0.6 is 11.3 Å². The van der Waals surface area contributed by atoms with Crippen LogP contribution in [-0.2, 0) is 6.54 Å². The SMILES string of the molecule is Cc1nc(CN(C)[C@H](C)c2ccc(F)cc2)sc1C. The Morgan fingerprint density at radius 3 is 2.42 bits per heavy atom. The van der Waals surface area contributed by atoms with Gasteiger partial charge in [0.2, 0.25) is 0 Å². The third kappa shape index (κ3) is 3.39. The highest BCUT2D eigenvalue weighted by molar-refractivity contribution is 7.11. The predicted octanol–water partition coefficient (Wildman–Crippen LogP) is 4.09. The summed E-state index contributed by atoms with van der Waals surface area (Å²) in [5.41, 5.74) is 2.23. The zero-order valence-corrected chi connectivity index (χ0v) is 12.6. The molecule has 0 amide bonds. The molecule has 0 spiro atoms. The van der Waals surface area contributed by atoms with Crippen molar-refractivity contribution in [2.45, 2.75) is 33.4 Å². The maximum Gasteiger partial charge on any atom is 0.123 e. The third-order valence-electron chi connectivity index (χ3n) is 3.47. The molecule has 102 valence electrons. The Labute approximate surface area is 117 Å². The Bertz CT molecular complexity index is 528. The van der Waals surface area contributed by atoms with Gasteiger partial charge in [-0.1, -0.05) is 12.1 Å². The second-order valence-corrected chi connectivity index (χ2v) is 6.18. The van der Waals surface area contributed by atoms with E-state index in [0.717, 1.165) is 22.8 Å². The molecule has 19 heavy (non-hydrogen) atoms. The molecule has 2 nitrogen and oxygen atoms in total. The maximum absolute atomic E-state index is 12.9. The van der Waals surface area contributed by atoms with E-state index in [1.54, 1.807) is 11.3 Å². The molecular weight excluding hydrogens is 259 g/mol. The first-order chi connectivity index (χ1) is 8.97. The van der Waals surface area contributed by atoms with Crippen molar-refractivity contribution in [1.29, 1.82) is 0 Å². The van der Waals surface area contributed by atoms with Crippen LogP contribution in [0.1, 0.15) is 34.1 Å². The summed E-state index contributed by atoms with van der Waals surface area (Å²) in [6, 6.07) is 6.95. The zero-order chi connectivity index (χ0) is 14.0. The molecule has 1 atom stereocenters. The quantitative estimate of drug-likeness (QED) is 0.837. The van der Waals surface area contributed by atoms with E-state index in [1.165, 1.54) is 17.0 Å². The summed E-state index contributed by atoms with van der Waals surface area (Å²) in [5, 5.41) is 1.13. The first kappa shape index (κ1) is 14.2. The van der Waals surface area contributed by atoms with Gasteiger partial charge in [0.05, 0.1) is 12.2 Å². The van der Waals surface area contributed by atoms with Crippen LogP contribution in [0.3, 0.4) is 0 Å². The van der Waals surface area contributed by atoms with Crippen LogP contribution in [0.4, 0.5) is 4.39 Å². The van der Waals surface area contributed by atoms with Crippen LogP contribution < -0.4 is 0 Å². The molecule has 1 aromatic carbocycles. The van der Waals surface area contributed by atoms with Gasteiger partial charge in [0.25, 0.3) is 0 Å². The van der Waals surface area contributed by atoms with E-state index in [-0.39, 0.29) is 11.9 Å². The molecule has 0 aliphatic carbocycles. The topological polar surface area (TPSA) is 16.1 Å². The fourth-order valence-corrected chi connectivity index (χ4v) is 2.95. The van der Waals surface area contributed by atoms with Crippen LogP contribution in [0.25, 0.3) is 0 Å². The Morgan fingerprint density at radius 2 is 1.89 bits per heavy atom. The van der Waals surface area contributed by atoms with Gasteiger partial charge < -0.3 is 0 Å². The summed E-state index contributed by atoms with van der Waals surface area (Å²) in [5.74, 6) is -0.190. The van der Waals surface area contributed by atoms with Crippen molar-refractivity contribution in [3.8, 4) is 0 Å². The van der Waals surface area contributed by atoms with Gasteiger partial charge in [-0.15, -0.1) is 11.3 Å². The number of nitrogens with zero attached hydrogens (tertiary/aromatic N) is 2. The number of halogens is 1. The largest absolute Gasteiger partial charge is 0.293 e. The Kier molecular flexibility index (Phi) is 4.32. The molecular formula is C15H19FN2S. The van der Waals surface area contributed by atoms with Gasteiger partial charge >= 0.3 is 0 Å². The minimum Gasteiger partial charge on any atom is -0.293 e. The molecule has 0 aliphatic rings. The van der Waals surface area contributed by atoms with Crippen molar-refractivity contribution in [3.05, 3.63) is 51.2 Å². The molecule has 1 heterocycles. The lowest BCUT2D eigenvalue weighted by atomic mass is 10.1. The predicted molar refractivity (Wildman–Crippen MR) is 77.9 cm³/mol. The average Bonchev–Trinajstić information content (AvgIpc) is 2.68. The molecule has 0 radical (unpaired) electrons. The Balaban J connectivity index is 2.06. The second-order valence-electron chi connectivity index (χ2n) is 4.89. The van der Waals surface area contributed by atoms with Crippen molar-refractivity contribution >= 4 is 11.3 Å². The molecule has 2 aromatic rings. The summed E-state index contributed by atoms with van der Waals surface area (Å²) in [6.45, 7) is 7.08. The summed E-state index contributed by atoms with van der Waals surface area (Å²) >= 11 is 1.74. The number of benzene rings is 1. The molecule has 0 aliphatic heterocycles. The van der Waals surface area contributed by atoms with Crippen molar-refractivity contribution < 1.29 is 4.39 Å². The number of hydrogen-bond acceptors (Lipinski definition) is 3. The van der Waals surface area contributed by atoms with E-state index >= 15 is 0 Å². The number of thiazole rings is 1. The van der Waals surface area contributed by atoms with Gasteiger partial charge in [0, 0.05) is 10.9 Å². The molecule has 0 bridgehead atoms. The molecule has 0 unspecified atom stereocenters. The second kappa shape index (κ2) is 5.80. The fourth-order valence-electron chi connectivity index (χ4n) is 1.95. The standard InChI is InChI=1S/C15H19FN2S/c1-10-12(3)19-15(17-10)9-18(4)11(2)13-5-7-14(16)8-6-13/h5-8,11H,9H2,1-4H3/t11-/m1/s1. The van der Waals surface area contributed by atoms with Gasteiger partial charge in [0.1, 0.15) is 10.8 Å². The van der Waals surface area contributed by atoms with Crippen molar-refractivity contribution in [1.82, 2.24) is 9.88 Å². The average molecular weight is 278 g/mol. The summed E-state index contributed by atoms with van der Waals surface area (Å²) in [7, 11) is 2.07. The van der Waals surface area contributed by atoms with Crippen LogP contribution in [0.2, 0.25) is 0 Å². The number of aryl methyl sites for hydroxylation is 2. The summed E-state index contributed by atoms with van der Waals surface area (Å²) in [6.07, 6.45) is 0. The Morgan fingerprint density at radius 1 is 1.26 bits per heavy atom. The van der Waals surface area contributed by atoms with Crippen molar-refractivity contribution in [3.63, 3.8) is 0 Å². The van der Waals surface area contributed by atoms with E-state index in [1.807, 2.05) is 19.1 Å². The molecule has 0 N–H and O–H groups in total. The van der Waals surface area contributed by atoms with Gasteiger partial charge in [-0.3, -0.25) is 4.90 Å². The molecule has 0 saturated heterocycles. The smallest absolute Gasteiger partial charge is 0.123 e. The minimum absolute atomic E-state index is 0.190. The van der Waals surface area contributed by atoms with Gasteiger partial charge in [-0.25, -0.2) is 9.37 Å². The van der Waals surface area contributed by atoms with Gasteiger partial charge in [0.15, 0.2) is 0 Å². The molecule has 2 rings (SSSR count). The molecule has 1 aromatic heterocycles. The third-order valence-corrected chi connectivity index (χ3v) is 4.53. The highest BCUT2D eigenvalue weighted by Gasteiger charge is 2.14. The van der Waals surface area contributed by atoms with Crippen LogP contribution in [0.5, 0.6) is 0 Å². The number of rotatable bonds is 4. The highest BCUT2D eigenvalue weighted by Crippen LogP contribution is 2.23. The number of hydrogen-bond donors (Lipinski definition) is 0. The minimum atomic E-state index is -0.190. The summed E-state index contributed by atoms with van der Waals surface area (Å²) < 4.78 is 12.9. The van der Waals surface area contributed by atoms with Crippen LogP contribution in [0, 0.1) is 19.7 Å². The fraction of sp³-hybridized carbons (Fsp3) is 0.400. The monoisotopic (exact) mass is 278 g/mol. The molecule has 0 fully saturated rings. The first-order valence-electron chi connectivity index (χ1n) is 6.36. The lowest BCUT2D eigenvalue weighted by Crippen LogP contribution is -2.21. The van der Waals surface area contributed by atoms with Gasteiger partial charge in [-0.2, -0.15) is 0 Å². The van der Waals surface area contributed by atoms with E-state index in [2.05, 4.69) is 30.8 Å². The summed E-state index contributed by atoms with van der Waals surface area (Å²) in [4.78, 5) is 8.06. The van der Waals surface area contributed by atoms with E-state index < -0.39 is 0 Å². The van der Waals surface area contributed by atoms with Crippen LogP contribution in [-0.4, -0.2) is 16.9 Å². The van der Waals surface area contributed by atoms with Crippen molar-refractivity contribution in [2.24, 2.45) is 0 Å². The van der Waals surface area contributed by atoms with Crippen molar-refractivity contribution in [2.75, 3.05) is 7.05 Å². The van der Waals surface area contributed by atoms with Crippen LogP contribution in [0.15, 0.2) is 24.3 Å². The first-order valence-corrected chi connectivity index (χ1v) is 7.17. The molecule has 4 heteroatoms. The highest BCUT2D eigenvalue weighted by atomic mass is 32.1. The van der Waals surface area contributed by atoms with E-state index in [9.17, 15) is 4.39 Å². The van der Waals surface area contributed by atoms with Gasteiger partial charge in [-0.05, 0) is 45.5 Å². The lowest BCUT2D eigenvalue weighted by molar-refractivity contribution is 0.252. The lowest BCUT2D eigenvalue weighted by Gasteiger charge is -2.24.